The lowest BCUT2D eigenvalue weighted by atomic mass is 9.85. The number of amides is 1. The Balaban J connectivity index is 1.71. The van der Waals surface area contributed by atoms with Crippen molar-refractivity contribution in [2.45, 2.75) is 25.3 Å². The Morgan fingerprint density at radius 1 is 1.42 bits per heavy atom. The topological polar surface area (TPSA) is 62.2 Å². The van der Waals surface area contributed by atoms with Gasteiger partial charge in [0.2, 0.25) is 0 Å². The Kier molecular flexibility index (Phi) is 3.58. The number of rotatable bonds is 3. The number of fused-ring (bicyclic) bond motifs is 2. The molecule has 5 heteroatoms. The van der Waals surface area contributed by atoms with Crippen LogP contribution in [0.5, 0.6) is 0 Å². The van der Waals surface area contributed by atoms with Crippen molar-refractivity contribution >= 4 is 21.8 Å². The highest BCUT2D eigenvalue weighted by atomic mass is 79.9. The molecule has 1 aromatic rings. The Morgan fingerprint density at radius 3 is 2.89 bits per heavy atom. The van der Waals surface area contributed by atoms with Gasteiger partial charge in [-0.3, -0.25) is 4.79 Å². The fraction of sp³-hybridized carbons (Fsp3) is 0.571. The molecule has 3 rings (SSSR count). The molecular formula is C14H17BrN2O2. The van der Waals surface area contributed by atoms with Gasteiger partial charge in [0.1, 0.15) is 4.60 Å². The molecule has 2 saturated carbocycles. The summed E-state index contributed by atoms with van der Waals surface area (Å²) < 4.78 is 0.720. The maximum Gasteiger partial charge on any atom is 0.253 e. The van der Waals surface area contributed by atoms with E-state index in [1.54, 1.807) is 18.3 Å². The van der Waals surface area contributed by atoms with Crippen LogP contribution in [0.4, 0.5) is 0 Å². The number of hydrogen-bond donors (Lipinski definition) is 2. The highest BCUT2D eigenvalue weighted by Crippen LogP contribution is 2.48. The van der Waals surface area contributed by atoms with E-state index in [2.05, 4.69) is 26.2 Å². The number of nitrogens with one attached hydrogen (secondary N) is 1. The lowest BCUT2D eigenvalue weighted by Gasteiger charge is -2.30. The van der Waals surface area contributed by atoms with E-state index < -0.39 is 0 Å². The minimum atomic E-state index is -0.0870. The number of carbonyl (C=O) groups excluding carboxylic acids is 1. The van der Waals surface area contributed by atoms with Crippen molar-refractivity contribution in [1.29, 1.82) is 0 Å². The first kappa shape index (κ1) is 13.1. The van der Waals surface area contributed by atoms with Crippen LogP contribution in [0.1, 0.15) is 29.6 Å². The van der Waals surface area contributed by atoms with E-state index in [-0.39, 0.29) is 24.5 Å². The summed E-state index contributed by atoms with van der Waals surface area (Å²) in [6.07, 6.45) is 5.09. The van der Waals surface area contributed by atoms with Crippen LogP contribution in [0.3, 0.4) is 0 Å². The summed E-state index contributed by atoms with van der Waals surface area (Å²) in [5.74, 6) is 1.26. The summed E-state index contributed by atoms with van der Waals surface area (Å²) >= 11 is 3.25. The fourth-order valence-corrected chi connectivity index (χ4v) is 3.88. The third-order valence-electron chi connectivity index (χ3n) is 4.59. The second-order valence-electron chi connectivity index (χ2n) is 5.55. The highest BCUT2D eigenvalue weighted by molar-refractivity contribution is 9.10. The van der Waals surface area contributed by atoms with Crippen molar-refractivity contribution in [3.8, 4) is 0 Å². The van der Waals surface area contributed by atoms with Crippen LogP contribution in [-0.2, 0) is 0 Å². The largest absolute Gasteiger partial charge is 0.396 e. The van der Waals surface area contributed by atoms with Gasteiger partial charge in [-0.05, 0) is 59.2 Å². The van der Waals surface area contributed by atoms with Crippen LogP contribution in [0.25, 0.3) is 0 Å². The second kappa shape index (κ2) is 5.21. The van der Waals surface area contributed by atoms with E-state index in [1.165, 1.54) is 12.8 Å². The standard InChI is InChI=1S/C14H17BrN2O2/c15-12-4-3-10(6-16-12)14(19)17-13-9-2-1-8(5-9)11(13)7-18/h3-4,6,8-9,11,13,18H,1-2,5,7H2,(H,17,19). The Hall–Kier alpha value is -0.940. The summed E-state index contributed by atoms with van der Waals surface area (Å²) in [4.78, 5) is 16.3. The Morgan fingerprint density at radius 2 is 2.21 bits per heavy atom. The smallest absolute Gasteiger partial charge is 0.253 e. The van der Waals surface area contributed by atoms with E-state index in [1.807, 2.05) is 0 Å². The van der Waals surface area contributed by atoms with Crippen molar-refractivity contribution in [2.75, 3.05) is 6.61 Å². The first-order valence-electron chi connectivity index (χ1n) is 6.72. The monoisotopic (exact) mass is 324 g/mol. The fourth-order valence-electron chi connectivity index (χ4n) is 3.64. The number of nitrogens with zero attached hydrogens (tertiary/aromatic N) is 1. The Bertz CT molecular complexity index is 477. The molecule has 1 heterocycles. The summed E-state index contributed by atoms with van der Waals surface area (Å²) in [6.45, 7) is 0.171. The molecule has 0 saturated heterocycles. The van der Waals surface area contributed by atoms with Crippen LogP contribution in [0.15, 0.2) is 22.9 Å². The highest BCUT2D eigenvalue weighted by Gasteiger charge is 2.47. The third kappa shape index (κ3) is 2.41. The molecule has 4 nitrogen and oxygen atoms in total. The van der Waals surface area contributed by atoms with Gasteiger partial charge in [-0.15, -0.1) is 0 Å². The molecule has 2 N–H and O–H groups in total. The van der Waals surface area contributed by atoms with Gasteiger partial charge in [-0.25, -0.2) is 4.98 Å². The zero-order valence-corrected chi connectivity index (χ0v) is 12.1. The van der Waals surface area contributed by atoms with Gasteiger partial charge in [-0.1, -0.05) is 0 Å². The van der Waals surface area contributed by atoms with Crippen molar-refractivity contribution in [3.05, 3.63) is 28.5 Å². The second-order valence-corrected chi connectivity index (χ2v) is 6.36. The van der Waals surface area contributed by atoms with Gasteiger partial charge >= 0.3 is 0 Å². The molecule has 4 atom stereocenters. The van der Waals surface area contributed by atoms with Crippen molar-refractivity contribution in [2.24, 2.45) is 17.8 Å². The van der Waals surface area contributed by atoms with Crippen LogP contribution in [0, 0.1) is 17.8 Å². The van der Waals surface area contributed by atoms with Crippen LogP contribution < -0.4 is 5.32 Å². The zero-order valence-electron chi connectivity index (χ0n) is 10.6. The maximum atomic E-state index is 12.2. The van der Waals surface area contributed by atoms with E-state index in [0.717, 1.165) is 11.0 Å². The molecule has 2 bridgehead atoms. The lowest BCUT2D eigenvalue weighted by Crippen LogP contribution is -2.45. The average Bonchev–Trinajstić information content (AvgIpc) is 3.00. The zero-order chi connectivity index (χ0) is 13.4. The number of aromatic nitrogens is 1. The molecule has 1 aromatic heterocycles. The summed E-state index contributed by atoms with van der Waals surface area (Å²) in [6, 6.07) is 3.65. The SMILES string of the molecule is O=C(NC1C2CCC(C2)C1CO)c1ccc(Br)nc1. The summed E-state index contributed by atoms with van der Waals surface area (Å²) in [5, 5.41) is 12.6. The number of carbonyl (C=O) groups is 1. The molecule has 0 aliphatic heterocycles. The molecule has 1 amide bonds. The number of aliphatic hydroxyl groups excluding tert-OH is 1. The first-order valence-corrected chi connectivity index (χ1v) is 7.51. The minimum absolute atomic E-state index is 0.0870. The van der Waals surface area contributed by atoms with Gasteiger partial charge in [0.15, 0.2) is 0 Å². The molecule has 2 aliphatic carbocycles. The van der Waals surface area contributed by atoms with Crippen molar-refractivity contribution < 1.29 is 9.90 Å². The normalized spacial score (nSPS) is 32.5. The predicted molar refractivity (Wildman–Crippen MR) is 74.6 cm³/mol. The molecule has 102 valence electrons. The molecule has 0 aromatic carbocycles. The van der Waals surface area contributed by atoms with Crippen LogP contribution >= 0.6 is 15.9 Å². The maximum absolute atomic E-state index is 12.2. The molecular weight excluding hydrogens is 308 g/mol. The number of aliphatic hydroxyl groups is 1. The third-order valence-corrected chi connectivity index (χ3v) is 5.06. The van der Waals surface area contributed by atoms with Crippen LogP contribution in [-0.4, -0.2) is 28.6 Å². The van der Waals surface area contributed by atoms with Gasteiger partial charge in [0.05, 0.1) is 5.56 Å². The summed E-state index contributed by atoms with van der Waals surface area (Å²) in [7, 11) is 0. The molecule has 0 radical (unpaired) electrons. The average molecular weight is 325 g/mol. The lowest BCUT2D eigenvalue weighted by molar-refractivity contribution is 0.0861. The van der Waals surface area contributed by atoms with Crippen molar-refractivity contribution in [3.63, 3.8) is 0 Å². The predicted octanol–water partition coefficient (Wildman–Crippen LogP) is 1.98. The van der Waals surface area contributed by atoms with Gasteiger partial charge in [0, 0.05) is 24.8 Å². The van der Waals surface area contributed by atoms with Crippen LogP contribution in [0.2, 0.25) is 0 Å². The molecule has 2 aliphatic rings. The van der Waals surface area contributed by atoms with Crippen molar-refractivity contribution in [1.82, 2.24) is 10.3 Å². The first-order chi connectivity index (χ1) is 9.19. The van der Waals surface area contributed by atoms with E-state index in [9.17, 15) is 9.90 Å². The van der Waals surface area contributed by atoms with E-state index in [4.69, 9.17) is 0 Å². The molecule has 19 heavy (non-hydrogen) atoms. The molecule has 4 unspecified atom stereocenters. The number of halogens is 1. The van der Waals surface area contributed by atoms with E-state index in [0.29, 0.717) is 17.4 Å². The molecule has 0 spiro atoms. The molecule has 2 fully saturated rings. The van der Waals surface area contributed by atoms with Gasteiger partial charge in [-0.2, -0.15) is 0 Å². The van der Waals surface area contributed by atoms with Gasteiger partial charge in [0.25, 0.3) is 5.91 Å². The minimum Gasteiger partial charge on any atom is -0.396 e. The van der Waals surface area contributed by atoms with E-state index >= 15 is 0 Å². The summed E-state index contributed by atoms with van der Waals surface area (Å²) in [5.41, 5.74) is 0.572. The van der Waals surface area contributed by atoms with Gasteiger partial charge < -0.3 is 10.4 Å². The Labute approximate surface area is 120 Å². The quantitative estimate of drug-likeness (QED) is 0.836. The number of pyridine rings is 1. The number of hydrogen-bond acceptors (Lipinski definition) is 3.